The smallest absolute Gasteiger partial charge is 0.277 e. The maximum absolute atomic E-state index is 12.3. The first kappa shape index (κ1) is 15.3. The normalized spacial score (nSPS) is 12.6. The molecule has 1 atom stereocenters. The van der Waals surface area contributed by atoms with Crippen LogP contribution in [0.4, 0.5) is 0 Å². The van der Waals surface area contributed by atoms with E-state index in [1.165, 1.54) is 4.68 Å². The van der Waals surface area contributed by atoms with Crippen LogP contribution in [0.5, 0.6) is 0 Å². The van der Waals surface area contributed by atoms with Gasteiger partial charge in [-0.3, -0.25) is 4.79 Å². The zero-order valence-corrected chi connectivity index (χ0v) is 13.1. The van der Waals surface area contributed by atoms with Gasteiger partial charge >= 0.3 is 0 Å². The van der Waals surface area contributed by atoms with Crippen molar-refractivity contribution in [3.63, 3.8) is 0 Å². The van der Waals surface area contributed by atoms with Crippen LogP contribution in [0, 0.1) is 0 Å². The molecule has 0 saturated carbocycles. The summed E-state index contributed by atoms with van der Waals surface area (Å²) >= 11 is 0. The number of benzene rings is 1. The fraction of sp³-hybridized carbons (Fsp3) is 0.400. The zero-order chi connectivity index (χ0) is 16.2. The minimum absolute atomic E-state index is 0.167. The van der Waals surface area contributed by atoms with Crippen molar-refractivity contribution in [2.45, 2.75) is 32.4 Å². The summed E-state index contributed by atoms with van der Waals surface area (Å²) in [6.07, 6.45) is 1.13. The molecule has 1 aromatic carbocycles. The molecule has 0 aliphatic heterocycles. The van der Waals surface area contributed by atoms with Crippen molar-refractivity contribution in [2.24, 2.45) is 0 Å². The average Bonchev–Trinajstić information content (AvgIpc) is 3.02. The predicted octanol–water partition coefficient (Wildman–Crippen LogP) is 0.568. The molecule has 0 aliphatic carbocycles. The predicted molar refractivity (Wildman–Crippen MR) is 84.0 cm³/mol. The highest BCUT2D eigenvalue weighted by atomic mass is 16.5. The Bertz CT molecular complexity index is 856. The van der Waals surface area contributed by atoms with E-state index in [9.17, 15) is 4.79 Å². The summed E-state index contributed by atoms with van der Waals surface area (Å²) < 4.78 is 6.53. The van der Waals surface area contributed by atoms with Crippen molar-refractivity contribution in [1.29, 1.82) is 0 Å². The molecule has 8 nitrogen and oxygen atoms in total. The van der Waals surface area contributed by atoms with Crippen LogP contribution in [0.3, 0.4) is 0 Å². The van der Waals surface area contributed by atoms with Crippen LogP contribution in [0.1, 0.15) is 18.6 Å². The number of likely N-dealkylation sites (N-methyl/N-ethyl adjacent to an activating group) is 1. The Labute approximate surface area is 132 Å². The van der Waals surface area contributed by atoms with Gasteiger partial charge in [-0.1, -0.05) is 22.5 Å². The van der Waals surface area contributed by atoms with Gasteiger partial charge in [0.2, 0.25) is 5.89 Å². The molecule has 2 heterocycles. The van der Waals surface area contributed by atoms with Crippen LogP contribution in [0.15, 0.2) is 33.6 Å². The molecular weight excluding hydrogens is 296 g/mol. The molecule has 3 aromatic rings. The monoisotopic (exact) mass is 314 g/mol. The summed E-state index contributed by atoms with van der Waals surface area (Å²) in [5, 5.41) is 15.6. The van der Waals surface area contributed by atoms with Gasteiger partial charge in [-0.25, -0.2) is 4.68 Å². The van der Waals surface area contributed by atoms with E-state index in [1.54, 1.807) is 12.1 Å². The van der Waals surface area contributed by atoms with E-state index in [-0.39, 0.29) is 11.6 Å². The lowest BCUT2D eigenvalue weighted by Gasteiger charge is -2.04. The van der Waals surface area contributed by atoms with Crippen molar-refractivity contribution in [3.05, 3.63) is 46.3 Å². The molecule has 0 saturated heterocycles. The summed E-state index contributed by atoms with van der Waals surface area (Å²) in [6.45, 7) is 2.39. The quantitative estimate of drug-likeness (QED) is 0.710. The first-order valence-corrected chi connectivity index (χ1v) is 7.48. The van der Waals surface area contributed by atoms with Crippen LogP contribution < -0.4 is 10.9 Å². The van der Waals surface area contributed by atoms with Gasteiger partial charge in [0.15, 0.2) is 5.82 Å². The van der Waals surface area contributed by atoms with Crippen LogP contribution in [0.25, 0.3) is 10.9 Å². The van der Waals surface area contributed by atoms with Crippen molar-refractivity contribution >= 4 is 10.9 Å². The Morgan fingerprint density at radius 3 is 3.00 bits per heavy atom. The summed E-state index contributed by atoms with van der Waals surface area (Å²) in [7, 11) is 1.89. The van der Waals surface area contributed by atoms with E-state index in [0.717, 1.165) is 0 Å². The summed E-state index contributed by atoms with van der Waals surface area (Å²) in [5.74, 6) is 1.14. The summed E-state index contributed by atoms with van der Waals surface area (Å²) in [4.78, 5) is 16.6. The van der Waals surface area contributed by atoms with E-state index < -0.39 is 0 Å². The largest absolute Gasteiger partial charge is 0.339 e. The van der Waals surface area contributed by atoms with Crippen LogP contribution >= 0.6 is 0 Å². The van der Waals surface area contributed by atoms with Gasteiger partial charge in [0, 0.05) is 18.9 Å². The third-order valence-corrected chi connectivity index (χ3v) is 3.66. The number of aromatic nitrogens is 5. The van der Waals surface area contributed by atoms with Crippen molar-refractivity contribution in [1.82, 2.24) is 30.5 Å². The van der Waals surface area contributed by atoms with Gasteiger partial charge in [-0.05, 0) is 26.1 Å². The molecule has 23 heavy (non-hydrogen) atoms. The molecule has 1 N–H and O–H groups in total. The Balaban J connectivity index is 1.71. The van der Waals surface area contributed by atoms with Gasteiger partial charge in [0.25, 0.3) is 5.56 Å². The molecule has 2 aromatic heterocycles. The Morgan fingerprint density at radius 1 is 1.35 bits per heavy atom. The van der Waals surface area contributed by atoms with E-state index in [1.807, 2.05) is 26.1 Å². The zero-order valence-electron chi connectivity index (χ0n) is 13.1. The molecule has 0 spiro atoms. The summed E-state index contributed by atoms with van der Waals surface area (Å²) in [5.41, 5.74) is 0.425. The number of aryl methyl sites for hydroxylation is 2. The molecule has 0 fully saturated rings. The molecule has 0 bridgehead atoms. The topological polar surface area (TPSA) is 98.7 Å². The average molecular weight is 314 g/mol. The number of fused-ring (bicyclic) bond motifs is 1. The molecule has 120 valence electrons. The first-order chi connectivity index (χ1) is 11.2. The molecule has 0 radical (unpaired) electrons. The van der Waals surface area contributed by atoms with E-state index in [0.29, 0.717) is 42.0 Å². The third-order valence-electron chi connectivity index (χ3n) is 3.66. The highest BCUT2D eigenvalue weighted by Gasteiger charge is 2.11. The van der Waals surface area contributed by atoms with E-state index in [2.05, 4.69) is 25.8 Å². The van der Waals surface area contributed by atoms with Gasteiger partial charge in [0.05, 0.1) is 11.9 Å². The third kappa shape index (κ3) is 3.42. The van der Waals surface area contributed by atoms with Gasteiger partial charge in [-0.2, -0.15) is 4.98 Å². The van der Waals surface area contributed by atoms with Crippen molar-refractivity contribution < 1.29 is 4.52 Å². The molecule has 3 rings (SSSR count). The molecule has 8 heteroatoms. The second kappa shape index (κ2) is 6.66. The summed E-state index contributed by atoms with van der Waals surface area (Å²) in [6, 6.07) is 7.42. The number of rotatable bonds is 6. The first-order valence-electron chi connectivity index (χ1n) is 7.48. The lowest BCUT2D eigenvalue weighted by atomic mass is 10.2. The molecule has 1 unspecified atom stereocenters. The van der Waals surface area contributed by atoms with Crippen LogP contribution in [0.2, 0.25) is 0 Å². The van der Waals surface area contributed by atoms with E-state index >= 15 is 0 Å². The second-order valence-electron chi connectivity index (χ2n) is 5.38. The fourth-order valence-corrected chi connectivity index (χ4v) is 2.22. The van der Waals surface area contributed by atoms with Crippen LogP contribution in [-0.2, 0) is 19.4 Å². The van der Waals surface area contributed by atoms with Gasteiger partial charge < -0.3 is 9.84 Å². The van der Waals surface area contributed by atoms with Crippen LogP contribution in [-0.4, -0.2) is 38.2 Å². The molecular formula is C15H18N6O2. The Hall–Kier alpha value is -2.61. The van der Waals surface area contributed by atoms with Crippen molar-refractivity contribution in [2.75, 3.05) is 7.05 Å². The number of nitrogens with one attached hydrogen (secondary N) is 1. The lowest BCUT2D eigenvalue weighted by Crippen LogP contribution is -2.25. The maximum atomic E-state index is 12.3. The standard InChI is InChI=1S/C15H18N6O2/c1-10(16-2)9-13-17-14(23-19-13)7-8-21-15(22)11-5-3-4-6-12(11)18-20-21/h3-6,10,16H,7-9H2,1-2H3. The molecule has 0 amide bonds. The van der Waals surface area contributed by atoms with E-state index in [4.69, 9.17) is 4.52 Å². The fourth-order valence-electron chi connectivity index (χ4n) is 2.22. The highest BCUT2D eigenvalue weighted by molar-refractivity contribution is 5.76. The van der Waals surface area contributed by atoms with Gasteiger partial charge in [-0.15, -0.1) is 5.10 Å². The minimum atomic E-state index is -0.167. The van der Waals surface area contributed by atoms with Crippen molar-refractivity contribution in [3.8, 4) is 0 Å². The number of nitrogens with zero attached hydrogens (tertiary/aromatic N) is 5. The highest BCUT2D eigenvalue weighted by Crippen LogP contribution is 2.05. The number of hydrogen-bond donors (Lipinski definition) is 1. The Kier molecular flexibility index (Phi) is 4.42. The maximum Gasteiger partial charge on any atom is 0.277 e. The van der Waals surface area contributed by atoms with Gasteiger partial charge in [0.1, 0.15) is 5.52 Å². The SMILES string of the molecule is CNC(C)Cc1noc(CCn2nnc3ccccc3c2=O)n1. The number of hydrogen-bond acceptors (Lipinski definition) is 7. The second-order valence-corrected chi connectivity index (χ2v) is 5.38. The lowest BCUT2D eigenvalue weighted by molar-refractivity contribution is 0.360. The molecule has 0 aliphatic rings. The Morgan fingerprint density at radius 2 is 2.17 bits per heavy atom. The minimum Gasteiger partial charge on any atom is -0.339 e.